The number of aliphatic hydroxyl groups is 3. The maximum atomic E-state index is 9.81. The van der Waals surface area contributed by atoms with Gasteiger partial charge in [0.1, 0.15) is 18.3 Å². The molecular weight excluding hydrogens is 250 g/mol. The van der Waals surface area contributed by atoms with Crippen LogP contribution in [0.15, 0.2) is 36.5 Å². The number of nitrogens with zero attached hydrogens (tertiary/aromatic N) is 1. The van der Waals surface area contributed by atoms with E-state index in [1.54, 1.807) is 6.20 Å². The lowest BCUT2D eigenvalue weighted by molar-refractivity contribution is -0.168. The van der Waals surface area contributed by atoms with E-state index in [1.807, 2.05) is 30.3 Å². The van der Waals surface area contributed by atoms with Gasteiger partial charge in [-0.05, 0) is 12.1 Å². The van der Waals surface area contributed by atoms with Crippen LogP contribution in [0.4, 0.5) is 0 Å². The van der Waals surface area contributed by atoms with E-state index in [0.29, 0.717) is 0 Å². The molecule has 1 saturated heterocycles. The summed E-state index contributed by atoms with van der Waals surface area (Å²) in [6.07, 6.45) is -2.49. The Bertz CT molecular complexity index is 569. The summed E-state index contributed by atoms with van der Waals surface area (Å²) in [5.74, 6) is 0. The van der Waals surface area contributed by atoms with Crippen LogP contribution in [0, 0.1) is 0 Å². The lowest BCUT2D eigenvalue weighted by Crippen LogP contribution is -2.38. The molecule has 1 unspecified atom stereocenters. The number of aromatic nitrogens is 1. The van der Waals surface area contributed by atoms with Crippen molar-refractivity contribution in [2.24, 2.45) is 0 Å². The summed E-state index contributed by atoms with van der Waals surface area (Å²) in [6, 6.07) is 9.47. The fraction of sp³-hybridized carbons (Fsp3) is 0.385. The molecule has 4 atom stereocenters. The SMILES string of the molecule is OC[C@H]1OC(On2ccc3ccccc32)[C@H](O)[C@@H]1O. The van der Waals surface area contributed by atoms with Crippen molar-refractivity contribution in [1.82, 2.24) is 4.73 Å². The first-order chi connectivity index (χ1) is 9.20. The van der Waals surface area contributed by atoms with Gasteiger partial charge in [-0.3, -0.25) is 0 Å². The average Bonchev–Trinajstić information content (AvgIpc) is 2.96. The molecule has 0 radical (unpaired) electrons. The zero-order valence-electron chi connectivity index (χ0n) is 10.1. The smallest absolute Gasteiger partial charge is 0.254 e. The lowest BCUT2D eigenvalue weighted by Gasteiger charge is -2.17. The molecule has 1 aliphatic heterocycles. The van der Waals surface area contributed by atoms with Gasteiger partial charge in [0.25, 0.3) is 6.29 Å². The summed E-state index contributed by atoms with van der Waals surface area (Å²) in [7, 11) is 0. The van der Waals surface area contributed by atoms with Gasteiger partial charge in [-0.15, -0.1) is 0 Å². The first-order valence-electron chi connectivity index (χ1n) is 6.06. The molecule has 6 nitrogen and oxygen atoms in total. The normalized spacial score (nSPS) is 30.9. The van der Waals surface area contributed by atoms with Crippen LogP contribution in [0.5, 0.6) is 0 Å². The van der Waals surface area contributed by atoms with E-state index in [9.17, 15) is 10.2 Å². The molecule has 0 amide bonds. The van der Waals surface area contributed by atoms with Crippen LogP contribution in [0.3, 0.4) is 0 Å². The fourth-order valence-electron chi connectivity index (χ4n) is 2.21. The molecule has 1 aromatic heterocycles. The molecule has 0 aliphatic carbocycles. The first-order valence-corrected chi connectivity index (χ1v) is 6.06. The standard InChI is InChI=1S/C13H15NO5/c15-7-10-11(16)12(17)13(18-10)19-14-6-5-8-3-1-2-4-9(8)14/h1-6,10-13,15-17H,7H2/t10-,11-,12-,13?/m1/s1. The second-order valence-corrected chi connectivity index (χ2v) is 4.51. The number of hydrogen-bond acceptors (Lipinski definition) is 5. The van der Waals surface area contributed by atoms with Gasteiger partial charge in [-0.2, -0.15) is 4.73 Å². The lowest BCUT2D eigenvalue weighted by atomic mass is 10.1. The topological polar surface area (TPSA) is 84.1 Å². The maximum absolute atomic E-state index is 9.81. The van der Waals surface area contributed by atoms with Gasteiger partial charge in [-0.25, -0.2) is 0 Å². The molecule has 1 aromatic carbocycles. The van der Waals surface area contributed by atoms with E-state index in [2.05, 4.69) is 0 Å². The second kappa shape index (κ2) is 4.82. The molecule has 1 aliphatic rings. The Balaban J connectivity index is 1.82. The zero-order valence-corrected chi connectivity index (χ0v) is 10.1. The molecule has 6 heteroatoms. The van der Waals surface area contributed by atoms with Crippen molar-refractivity contribution < 1.29 is 24.9 Å². The quantitative estimate of drug-likeness (QED) is 0.697. The van der Waals surface area contributed by atoms with Gasteiger partial charge < -0.3 is 24.9 Å². The third-order valence-electron chi connectivity index (χ3n) is 3.28. The van der Waals surface area contributed by atoms with Crippen molar-refractivity contribution in [3.63, 3.8) is 0 Å². The molecule has 0 spiro atoms. The largest absolute Gasteiger partial charge is 0.394 e. The highest BCUT2D eigenvalue weighted by Crippen LogP contribution is 2.22. The molecule has 3 rings (SSSR count). The maximum Gasteiger partial charge on any atom is 0.254 e. The van der Waals surface area contributed by atoms with Crippen LogP contribution in [-0.2, 0) is 4.74 Å². The number of rotatable bonds is 3. The summed E-state index contributed by atoms with van der Waals surface area (Å²) >= 11 is 0. The van der Waals surface area contributed by atoms with Crippen LogP contribution < -0.4 is 4.84 Å². The van der Waals surface area contributed by atoms with Crippen molar-refractivity contribution in [3.8, 4) is 0 Å². The molecule has 3 N–H and O–H groups in total. The number of aliphatic hydroxyl groups excluding tert-OH is 3. The van der Waals surface area contributed by atoms with Gasteiger partial charge >= 0.3 is 0 Å². The number of ether oxygens (including phenoxy) is 1. The monoisotopic (exact) mass is 265 g/mol. The summed E-state index contributed by atoms with van der Waals surface area (Å²) in [4.78, 5) is 5.52. The Morgan fingerprint density at radius 2 is 1.95 bits per heavy atom. The van der Waals surface area contributed by atoms with Gasteiger partial charge in [-0.1, -0.05) is 18.2 Å². The highest BCUT2D eigenvalue weighted by molar-refractivity contribution is 5.79. The molecule has 0 saturated carbocycles. The Labute approximate surface area is 109 Å². The van der Waals surface area contributed by atoms with Crippen molar-refractivity contribution >= 4 is 10.9 Å². The first kappa shape index (κ1) is 12.4. The molecule has 2 heterocycles. The van der Waals surface area contributed by atoms with Gasteiger partial charge in [0.2, 0.25) is 0 Å². The van der Waals surface area contributed by atoms with E-state index in [-0.39, 0.29) is 6.61 Å². The number of benzene rings is 1. The van der Waals surface area contributed by atoms with Crippen molar-refractivity contribution in [2.75, 3.05) is 6.61 Å². The van der Waals surface area contributed by atoms with Crippen LogP contribution in [-0.4, -0.2) is 51.3 Å². The second-order valence-electron chi connectivity index (χ2n) is 4.51. The Morgan fingerprint density at radius 3 is 2.68 bits per heavy atom. The minimum Gasteiger partial charge on any atom is -0.394 e. The Morgan fingerprint density at radius 1 is 1.16 bits per heavy atom. The average molecular weight is 265 g/mol. The zero-order chi connectivity index (χ0) is 13.4. The summed E-state index contributed by atoms with van der Waals surface area (Å²) < 4.78 is 6.75. The van der Waals surface area contributed by atoms with Crippen LogP contribution in [0.2, 0.25) is 0 Å². The number of para-hydroxylation sites is 1. The van der Waals surface area contributed by atoms with E-state index in [0.717, 1.165) is 10.9 Å². The number of fused-ring (bicyclic) bond motifs is 1. The van der Waals surface area contributed by atoms with E-state index < -0.39 is 24.6 Å². The molecule has 0 bridgehead atoms. The molecular formula is C13H15NO5. The highest BCUT2D eigenvalue weighted by atomic mass is 16.8. The van der Waals surface area contributed by atoms with E-state index in [1.165, 1.54) is 4.73 Å². The van der Waals surface area contributed by atoms with E-state index in [4.69, 9.17) is 14.7 Å². The van der Waals surface area contributed by atoms with Gasteiger partial charge in [0.05, 0.1) is 12.1 Å². The van der Waals surface area contributed by atoms with Crippen molar-refractivity contribution in [1.29, 1.82) is 0 Å². The molecule has 1 fully saturated rings. The predicted molar refractivity (Wildman–Crippen MR) is 66.3 cm³/mol. The Kier molecular flexibility index (Phi) is 3.16. The minimum absolute atomic E-state index is 0.371. The minimum atomic E-state index is -1.20. The summed E-state index contributed by atoms with van der Waals surface area (Å²) in [5, 5.41) is 29.5. The van der Waals surface area contributed by atoms with Crippen molar-refractivity contribution in [2.45, 2.75) is 24.6 Å². The molecule has 2 aromatic rings. The van der Waals surface area contributed by atoms with Gasteiger partial charge in [0.15, 0.2) is 0 Å². The Hall–Kier alpha value is -1.60. The third kappa shape index (κ3) is 2.08. The van der Waals surface area contributed by atoms with Crippen LogP contribution in [0.25, 0.3) is 10.9 Å². The van der Waals surface area contributed by atoms with E-state index >= 15 is 0 Å². The molecule has 102 valence electrons. The fourth-order valence-corrected chi connectivity index (χ4v) is 2.21. The number of hydrogen-bond donors (Lipinski definition) is 3. The third-order valence-corrected chi connectivity index (χ3v) is 3.28. The predicted octanol–water partition coefficient (Wildman–Crippen LogP) is -0.491. The molecule has 19 heavy (non-hydrogen) atoms. The highest BCUT2D eigenvalue weighted by Gasteiger charge is 2.44. The van der Waals surface area contributed by atoms with Crippen molar-refractivity contribution in [3.05, 3.63) is 36.5 Å². The summed E-state index contributed by atoms with van der Waals surface area (Å²) in [6.45, 7) is -0.371. The van der Waals surface area contributed by atoms with Gasteiger partial charge in [0, 0.05) is 11.6 Å². The van der Waals surface area contributed by atoms with Crippen LogP contribution >= 0.6 is 0 Å². The van der Waals surface area contributed by atoms with Crippen LogP contribution in [0.1, 0.15) is 0 Å². The summed E-state index contributed by atoms with van der Waals surface area (Å²) in [5.41, 5.74) is 0.834.